The van der Waals surface area contributed by atoms with Crippen molar-refractivity contribution in [1.82, 2.24) is 9.97 Å². The number of rotatable bonds is 5. The summed E-state index contributed by atoms with van der Waals surface area (Å²) in [5, 5.41) is 14.1. The van der Waals surface area contributed by atoms with Crippen LogP contribution < -0.4 is 5.32 Å². The molecule has 1 aromatic carbocycles. The number of carbonyl (C=O) groups excluding carboxylic acids is 1. The monoisotopic (exact) mass is 483 g/mol. The molecule has 2 N–H and O–H groups in total. The van der Waals surface area contributed by atoms with Gasteiger partial charge >= 0.3 is 0 Å². The van der Waals surface area contributed by atoms with E-state index in [4.69, 9.17) is 16.3 Å². The molecule has 0 saturated heterocycles. The number of fused-ring (bicyclic) bond motifs is 1. The number of hydrogen-bond acceptors (Lipinski definition) is 7. The third kappa shape index (κ3) is 4.43. The maximum atomic E-state index is 13.5. The van der Waals surface area contributed by atoms with Crippen LogP contribution in [0.1, 0.15) is 62.7 Å². The summed E-state index contributed by atoms with van der Waals surface area (Å²) in [6, 6.07) is 7.94. The van der Waals surface area contributed by atoms with Crippen LogP contribution in [-0.2, 0) is 11.2 Å². The van der Waals surface area contributed by atoms with Crippen LogP contribution in [0.3, 0.4) is 0 Å². The highest BCUT2D eigenvalue weighted by Crippen LogP contribution is 2.39. The average Bonchev–Trinajstić information content (AvgIpc) is 3.34. The first-order valence-electron chi connectivity index (χ1n) is 11.2. The van der Waals surface area contributed by atoms with Gasteiger partial charge in [-0.25, -0.2) is 9.97 Å². The van der Waals surface area contributed by atoms with Crippen molar-refractivity contribution in [3.63, 3.8) is 0 Å². The zero-order valence-corrected chi connectivity index (χ0v) is 20.1. The highest BCUT2D eigenvalue weighted by atomic mass is 35.5. The number of ketones is 1. The second kappa shape index (κ2) is 9.14. The molecule has 2 aromatic heterocycles. The molecule has 3 heterocycles. The summed E-state index contributed by atoms with van der Waals surface area (Å²) in [5.74, 6) is 0.615. The zero-order valence-electron chi connectivity index (χ0n) is 18.5. The molecule has 4 atom stereocenters. The van der Waals surface area contributed by atoms with E-state index in [0.717, 1.165) is 28.8 Å². The lowest BCUT2D eigenvalue weighted by Gasteiger charge is -2.26. The van der Waals surface area contributed by atoms with E-state index < -0.39 is 0 Å². The van der Waals surface area contributed by atoms with Crippen LogP contribution in [0.2, 0.25) is 5.02 Å². The molecular weight excluding hydrogens is 458 g/mol. The molecule has 0 radical (unpaired) electrons. The number of nitrogens with zero attached hydrogens (tertiary/aromatic N) is 2. The van der Waals surface area contributed by atoms with Crippen molar-refractivity contribution < 1.29 is 14.6 Å². The van der Waals surface area contributed by atoms with Gasteiger partial charge in [-0.2, -0.15) is 0 Å². The van der Waals surface area contributed by atoms with E-state index >= 15 is 0 Å². The number of aryl methyl sites for hydroxylation is 1. The first-order valence-corrected chi connectivity index (χ1v) is 12.4. The molecule has 0 amide bonds. The Hall–Kier alpha value is -2.32. The number of nitrogens with one attached hydrogen (secondary N) is 1. The SMILES string of the molecule is Cc1sc(C(=O)c2cncnc2N[C@@H]2C[C@@H](C)[C@@H](O)C2)cc1[C@@H]1OCCc2ccc(Cl)cc21. The molecule has 0 bridgehead atoms. The minimum Gasteiger partial charge on any atom is -0.393 e. The number of ether oxygens (including phenoxy) is 1. The predicted molar refractivity (Wildman–Crippen MR) is 129 cm³/mol. The average molecular weight is 484 g/mol. The van der Waals surface area contributed by atoms with Crippen LogP contribution in [-0.4, -0.2) is 39.6 Å². The van der Waals surface area contributed by atoms with Crippen molar-refractivity contribution >= 4 is 34.5 Å². The molecule has 1 aliphatic heterocycles. The maximum Gasteiger partial charge on any atom is 0.208 e. The van der Waals surface area contributed by atoms with Crippen molar-refractivity contribution in [2.75, 3.05) is 11.9 Å². The van der Waals surface area contributed by atoms with Gasteiger partial charge in [0, 0.05) is 22.1 Å². The number of thiophene rings is 1. The Morgan fingerprint density at radius 3 is 2.91 bits per heavy atom. The van der Waals surface area contributed by atoms with Crippen molar-refractivity contribution in [1.29, 1.82) is 0 Å². The van der Waals surface area contributed by atoms with Crippen LogP contribution in [0.15, 0.2) is 36.8 Å². The normalized spacial score (nSPS) is 24.5. The van der Waals surface area contributed by atoms with E-state index in [9.17, 15) is 9.90 Å². The van der Waals surface area contributed by atoms with Crippen LogP contribution >= 0.6 is 22.9 Å². The predicted octanol–water partition coefficient (Wildman–Crippen LogP) is 4.96. The molecule has 1 fully saturated rings. The van der Waals surface area contributed by atoms with Crippen molar-refractivity contribution in [3.8, 4) is 0 Å². The largest absolute Gasteiger partial charge is 0.393 e. The molecule has 1 aliphatic carbocycles. The maximum absolute atomic E-state index is 13.5. The topological polar surface area (TPSA) is 84.3 Å². The summed E-state index contributed by atoms with van der Waals surface area (Å²) >= 11 is 7.72. The molecule has 0 unspecified atom stereocenters. The van der Waals surface area contributed by atoms with Crippen LogP contribution in [0.5, 0.6) is 0 Å². The number of aliphatic hydroxyl groups excluding tert-OH is 1. The van der Waals surface area contributed by atoms with Gasteiger partial charge < -0.3 is 15.2 Å². The van der Waals surface area contributed by atoms with Gasteiger partial charge in [0.05, 0.1) is 23.2 Å². The first-order chi connectivity index (χ1) is 15.9. The van der Waals surface area contributed by atoms with Crippen molar-refractivity contribution in [2.24, 2.45) is 5.92 Å². The van der Waals surface area contributed by atoms with Gasteiger partial charge in [-0.3, -0.25) is 4.79 Å². The summed E-state index contributed by atoms with van der Waals surface area (Å²) in [6.07, 6.45) is 4.75. The molecule has 5 rings (SSSR count). The summed E-state index contributed by atoms with van der Waals surface area (Å²) < 4.78 is 6.13. The fourth-order valence-corrected chi connectivity index (χ4v) is 6.00. The molecule has 6 nitrogen and oxygen atoms in total. The molecule has 8 heteroatoms. The Labute approximate surface area is 202 Å². The second-order valence-electron chi connectivity index (χ2n) is 8.94. The Morgan fingerprint density at radius 2 is 2.12 bits per heavy atom. The fourth-order valence-electron chi connectivity index (χ4n) is 4.82. The lowest BCUT2D eigenvalue weighted by molar-refractivity contribution is 0.0697. The highest BCUT2D eigenvalue weighted by Gasteiger charge is 2.31. The quantitative estimate of drug-likeness (QED) is 0.499. The fraction of sp³-hybridized carbons (Fsp3) is 0.400. The van der Waals surface area contributed by atoms with Gasteiger partial charge in [0.2, 0.25) is 5.78 Å². The molecule has 172 valence electrons. The van der Waals surface area contributed by atoms with Gasteiger partial charge in [0.1, 0.15) is 18.2 Å². The lowest BCUT2D eigenvalue weighted by Crippen LogP contribution is -2.20. The van der Waals surface area contributed by atoms with Crippen LogP contribution in [0, 0.1) is 12.8 Å². The molecule has 1 saturated carbocycles. The Kier molecular flexibility index (Phi) is 6.22. The summed E-state index contributed by atoms with van der Waals surface area (Å²) in [4.78, 5) is 23.6. The Morgan fingerprint density at radius 1 is 1.27 bits per heavy atom. The number of halogens is 1. The summed E-state index contributed by atoms with van der Waals surface area (Å²) in [7, 11) is 0. The van der Waals surface area contributed by atoms with Crippen molar-refractivity contribution in [3.05, 3.63) is 73.8 Å². The molecule has 33 heavy (non-hydrogen) atoms. The van der Waals surface area contributed by atoms with Gasteiger partial charge in [-0.1, -0.05) is 24.6 Å². The highest BCUT2D eigenvalue weighted by molar-refractivity contribution is 7.14. The van der Waals surface area contributed by atoms with E-state index in [1.54, 1.807) is 6.20 Å². The molecular formula is C25H26ClN3O3S. The number of aliphatic hydroxyl groups is 1. The molecule has 0 spiro atoms. The van der Waals surface area contributed by atoms with Crippen LogP contribution in [0.25, 0.3) is 0 Å². The van der Waals surface area contributed by atoms with E-state index in [1.807, 2.05) is 32.0 Å². The molecule has 3 aromatic rings. The van der Waals surface area contributed by atoms with E-state index in [0.29, 0.717) is 34.3 Å². The van der Waals surface area contributed by atoms with Crippen LogP contribution in [0.4, 0.5) is 5.82 Å². The van der Waals surface area contributed by atoms with Gasteiger partial charge in [0.25, 0.3) is 0 Å². The smallest absolute Gasteiger partial charge is 0.208 e. The lowest BCUT2D eigenvalue weighted by atomic mass is 9.93. The third-order valence-electron chi connectivity index (χ3n) is 6.65. The second-order valence-corrected chi connectivity index (χ2v) is 10.6. The zero-order chi connectivity index (χ0) is 23.1. The Balaban J connectivity index is 1.43. The van der Waals surface area contributed by atoms with E-state index in [-0.39, 0.29) is 30.0 Å². The minimum absolute atomic E-state index is 0.0778. The van der Waals surface area contributed by atoms with Gasteiger partial charge in [-0.15, -0.1) is 11.3 Å². The summed E-state index contributed by atoms with van der Waals surface area (Å²) in [6.45, 7) is 4.68. The Bertz CT molecular complexity index is 1190. The minimum atomic E-state index is -0.335. The standard InChI is InChI=1S/C25H26ClN3O3S/c1-13-7-17(9-21(13)30)29-25-20(11-27-12-28-25)23(31)22-10-18(14(2)33-22)24-19-8-16(26)4-3-15(19)5-6-32-24/h3-4,8,10-13,17,21,24,30H,5-7,9H2,1-2H3,(H,27,28,29)/t13-,17-,21+,24+/m1/s1. The number of carbonyl (C=O) groups is 1. The van der Waals surface area contributed by atoms with Gasteiger partial charge in [0.15, 0.2) is 0 Å². The van der Waals surface area contributed by atoms with Crippen molar-refractivity contribution in [2.45, 2.75) is 51.4 Å². The van der Waals surface area contributed by atoms with E-state index in [2.05, 4.69) is 21.4 Å². The number of aromatic nitrogens is 2. The van der Waals surface area contributed by atoms with Gasteiger partial charge in [-0.05, 0) is 67.0 Å². The molecule has 2 aliphatic rings. The first kappa shape index (κ1) is 22.5. The summed E-state index contributed by atoms with van der Waals surface area (Å²) in [5.41, 5.74) is 3.72. The number of hydrogen-bond donors (Lipinski definition) is 2. The van der Waals surface area contributed by atoms with E-state index in [1.165, 1.54) is 23.2 Å². The third-order valence-corrected chi connectivity index (χ3v) is 7.95. The number of anilines is 1. The number of benzene rings is 1.